The quantitative estimate of drug-likeness (QED) is 0.554. The van der Waals surface area contributed by atoms with Crippen LogP contribution in [0.25, 0.3) is 0 Å². The standard InChI is InChI=1S/C6H8N2.CH4O/c1-5-3-2-4-6(7)8-5;1-2/h2-4H,1H3,(H2,7,8);2H,1H3. The zero-order chi connectivity index (χ0) is 7.98. The van der Waals surface area contributed by atoms with Crippen molar-refractivity contribution in [3.63, 3.8) is 0 Å². The molecule has 0 aliphatic heterocycles. The Morgan fingerprint density at radius 2 is 2.00 bits per heavy atom. The van der Waals surface area contributed by atoms with E-state index < -0.39 is 0 Å². The van der Waals surface area contributed by atoms with Gasteiger partial charge in [-0.3, -0.25) is 0 Å². The van der Waals surface area contributed by atoms with Crippen LogP contribution in [0.15, 0.2) is 18.2 Å². The Balaban J connectivity index is 0.000000371. The van der Waals surface area contributed by atoms with Crippen molar-refractivity contribution in [2.75, 3.05) is 12.8 Å². The molecule has 1 rings (SSSR count). The van der Waals surface area contributed by atoms with Crippen LogP contribution in [0.4, 0.5) is 5.82 Å². The topological polar surface area (TPSA) is 59.1 Å². The van der Waals surface area contributed by atoms with Gasteiger partial charge in [0.05, 0.1) is 0 Å². The molecule has 0 amide bonds. The zero-order valence-corrected chi connectivity index (χ0v) is 6.20. The number of pyridine rings is 1. The average Bonchev–Trinajstić information content (AvgIpc) is 1.91. The van der Waals surface area contributed by atoms with Crippen molar-refractivity contribution in [1.82, 2.24) is 4.98 Å². The Kier molecular flexibility index (Phi) is 4.24. The van der Waals surface area contributed by atoms with Gasteiger partial charge in [0.1, 0.15) is 5.82 Å². The number of rotatable bonds is 0. The molecule has 1 aromatic rings. The number of aromatic nitrogens is 1. The number of nitrogens with zero attached hydrogens (tertiary/aromatic N) is 1. The summed E-state index contributed by atoms with van der Waals surface area (Å²) in [6, 6.07) is 5.57. The molecule has 0 fully saturated rings. The van der Waals surface area contributed by atoms with E-state index in [1.54, 1.807) is 6.07 Å². The second kappa shape index (κ2) is 4.76. The van der Waals surface area contributed by atoms with Crippen molar-refractivity contribution in [2.24, 2.45) is 0 Å². The van der Waals surface area contributed by atoms with Crippen molar-refractivity contribution in [2.45, 2.75) is 6.92 Å². The summed E-state index contributed by atoms with van der Waals surface area (Å²) < 4.78 is 0. The molecule has 1 aromatic heterocycles. The summed E-state index contributed by atoms with van der Waals surface area (Å²) in [4.78, 5) is 3.95. The molecule has 1 heterocycles. The van der Waals surface area contributed by atoms with Gasteiger partial charge in [0.15, 0.2) is 0 Å². The molecule has 0 aliphatic carbocycles. The number of hydrogen-bond acceptors (Lipinski definition) is 3. The molecular weight excluding hydrogens is 128 g/mol. The van der Waals surface area contributed by atoms with E-state index in [9.17, 15) is 0 Å². The molecule has 0 bridgehead atoms. The van der Waals surface area contributed by atoms with E-state index in [1.165, 1.54) is 0 Å². The van der Waals surface area contributed by atoms with Crippen LogP contribution in [-0.4, -0.2) is 17.2 Å². The second-order valence-corrected chi connectivity index (χ2v) is 1.70. The third-order valence-corrected chi connectivity index (χ3v) is 0.910. The van der Waals surface area contributed by atoms with Crippen LogP contribution in [-0.2, 0) is 0 Å². The zero-order valence-electron chi connectivity index (χ0n) is 6.20. The van der Waals surface area contributed by atoms with E-state index in [4.69, 9.17) is 10.8 Å². The van der Waals surface area contributed by atoms with Crippen molar-refractivity contribution < 1.29 is 5.11 Å². The van der Waals surface area contributed by atoms with Gasteiger partial charge in [0.25, 0.3) is 0 Å². The Morgan fingerprint density at radius 1 is 1.40 bits per heavy atom. The fraction of sp³-hybridized carbons (Fsp3) is 0.286. The summed E-state index contributed by atoms with van der Waals surface area (Å²) in [7, 11) is 1.00. The fourth-order valence-corrected chi connectivity index (χ4v) is 0.564. The molecule has 0 atom stereocenters. The highest BCUT2D eigenvalue weighted by Gasteiger charge is 1.82. The fourth-order valence-electron chi connectivity index (χ4n) is 0.564. The summed E-state index contributed by atoms with van der Waals surface area (Å²) in [6.45, 7) is 1.91. The Labute approximate surface area is 60.5 Å². The number of aliphatic hydroxyl groups is 1. The van der Waals surface area contributed by atoms with Gasteiger partial charge in [0.2, 0.25) is 0 Å². The van der Waals surface area contributed by atoms with Gasteiger partial charge in [-0.05, 0) is 19.1 Å². The van der Waals surface area contributed by atoms with E-state index in [2.05, 4.69) is 4.98 Å². The summed E-state index contributed by atoms with van der Waals surface area (Å²) >= 11 is 0. The van der Waals surface area contributed by atoms with Gasteiger partial charge in [0, 0.05) is 12.8 Å². The molecule has 10 heavy (non-hydrogen) atoms. The lowest BCUT2D eigenvalue weighted by Gasteiger charge is -1.90. The summed E-state index contributed by atoms with van der Waals surface area (Å²) in [5, 5.41) is 7.00. The van der Waals surface area contributed by atoms with Gasteiger partial charge in [-0.2, -0.15) is 0 Å². The van der Waals surface area contributed by atoms with E-state index in [1.807, 2.05) is 19.1 Å². The first-order chi connectivity index (χ1) is 4.79. The van der Waals surface area contributed by atoms with Crippen molar-refractivity contribution >= 4 is 5.82 Å². The number of aliphatic hydroxyl groups excluding tert-OH is 1. The Morgan fingerprint density at radius 3 is 2.30 bits per heavy atom. The van der Waals surface area contributed by atoms with Gasteiger partial charge < -0.3 is 10.8 Å². The highest BCUT2D eigenvalue weighted by atomic mass is 16.2. The van der Waals surface area contributed by atoms with Crippen LogP contribution in [0.2, 0.25) is 0 Å². The highest BCUT2D eigenvalue weighted by molar-refractivity contribution is 5.28. The van der Waals surface area contributed by atoms with E-state index in [0.717, 1.165) is 12.8 Å². The maximum atomic E-state index is 7.00. The van der Waals surface area contributed by atoms with E-state index in [-0.39, 0.29) is 0 Å². The van der Waals surface area contributed by atoms with Crippen LogP contribution in [0.3, 0.4) is 0 Å². The average molecular weight is 140 g/mol. The monoisotopic (exact) mass is 140 g/mol. The smallest absolute Gasteiger partial charge is 0.123 e. The minimum Gasteiger partial charge on any atom is -0.400 e. The third-order valence-electron chi connectivity index (χ3n) is 0.910. The van der Waals surface area contributed by atoms with E-state index in [0.29, 0.717) is 5.82 Å². The maximum Gasteiger partial charge on any atom is 0.123 e. The van der Waals surface area contributed by atoms with Crippen molar-refractivity contribution in [3.8, 4) is 0 Å². The lowest BCUT2D eigenvalue weighted by molar-refractivity contribution is 0.399. The molecular formula is C7H12N2O. The van der Waals surface area contributed by atoms with Crippen molar-refractivity contribution in [1.29, 1.82) is 0 Å². The number of hydrogen-bond donors (Lipinski definition) is 2. The third kappa shape index (κ3) is 3.04. The maximum absolute atomic E-state index is 7.00. The minimum atomic E-state index is 0.588. The number of anilines is 1. The molecule has 0 aromatic carbocycles. The van der Waals surface area contributed by atoms with Crippen LogP contribution >= 0.6 is 0 Å². The minimum absolute atomic E-state index is 0.588. The predicted octanol–water partition coefficient (Wildman–Crippen LogP) is 0.581. The molecule has 3 nitrogen and oxygen atoms in total. The molecule has 0 aliphatic rings. The van der Waals surface area contributed by atoms with Crippen LogP contribution in [0.1, 0.15) is 5.69 Å². The second-order valence-electron chi connectivity index (χ2n) is 1.70. The lowest BCUT2D eigenvalue weighted by atomic mass is 10.4. The highest BCUT2D eigenvalue weighted by Crippen LogP contribution is 1.96. The molecule has 56 valence electrons. The molecule has 0 saturated heterocycles. The molecule has 3 N–H and O–H groups in total. The van der Waals surface area contributed by atoms with Crippen LogP contribution in [0, 0.1) is 6.92 Å². The predicted molar refractivity (Wildman–Crippen MR) is 41.5 cm³/mol. The molecule has 3 heteroatoms. The normalized spacial score (nSPS) is 7.90. The van der Waals surface area contributed by atoms with Gasteiger partial charge in [-0.25, -0.2) is 4.98 Å². The molecule has 0 spiro atoms. The SMILES string of the molecule is CO.Cc1cccc(N)n1. The van der Waals surface area contributed by atoms with E-state index >= 15 is 0 Å². The number of nitrogen functional groups attached to an aromatic ring is 1. The van der Waals surface area contributed by atoms with Gasteiger partial charge in [-0.1, -0.05) is 6.07 Å². The molecule has 0 radical (unpaired) electrons. The number of nitrogens with two attached hydrogens (primary N) is 1. The van der Waals surface area contributed by atoms with Gasteiger partial charge >= 0.3 is 0 Å². The first-order valence-electron chi connectivity index (χ1n) is 2.93. The van der Waals surface area contributed by atoms with Crippen molar-refractivity contribution in [3.05, 3.63) is 23.9 Å². The first-order valence-corrected chi connectivity index (χ1v) is 2.93. The lowest BCUT2D eigenvalue weighted by Crippen LogP contribution is -1.89. The largest absolute Gasteiger partial charge is 0.400 e. The van der Waals surface area contributed by atoms with Gasteiger partial charge in [-0.15, -0.1) is 0 Å². The molecule has 0 unspecified atom stereocenters. The summed E-state index contributed by atoms with van der Waals surface area (Å²) in [5.74, 6) is 0.588. The Hall–Kier alpha value is -1.09. The Bertz CT molecular complexity index is 171. The van der Waals surface area contributed by atoms with Crippen LogP contribution < -0.4 is 5.73 Å². The number of aryl methyl sites for hydroxylation is 1. The summed E-state index contributed by atoms with van der Waals surface area (Å²) in [5.41, 5.74) is 6.31. The van der Waals surface area contributed by atoms with Crippen LogP contribution in [0.5, 0.6) is 0 Å². The molecule has 0 saturated carbocycles. The summed E-state index contributed by atoms with van der Waals surface area (Å²) in [6.07, 6.45) is 0. The first kappa shape index (κ1) is 8.91.